The van der Waals surface area contributed by atoms with Gasteiger partial charge in [-0.2, -0.15) is 0 Å². The monoisotopic (exact) mass is 324 g/mol. The van der Waals surface area contributed by atoms with Crippen LogP contribution in [0.2, 0.25) is 0 Å². The molecule has 126 valence electrons. The fraction of sp³-hybridized carbons (Fsp3) is 0.350. The predicted octanol–water partition coefficient (Wildman–Crippen LogP) is 3.64. The molecule has 0 fully saturated rings. The third-order valence-electron chi connectivity index (χ3n) is 4.96. The number of benzene rings is 2. The zero-order chi connectivity index (χ0) is 17.4. The number of phenolic OH excluding ortho intramolecular Hbond substituents is 1. The van der Waals surface area contributed by atoms with Crippen LogP contribution >= 0.6 is 0 Å². The Labute approximate surface area is 143 Å². The maximum absolute atomic E-state index is 12.6. The zero-order valence-corrected chi connectivity index (χ0v) is 14.7. The van der Waals surface area contributed by atoms with Crippen LogP contribution in [0, 0.1) is 13.8 Å². The maximum atomic E-state index is 12.6. The molecule has 1 aliphatic rings. The topological polar surface area (TPSA) is 43.8 Å². The van der Waals surface area contributed by atoms with Crippen LogP contribution in [0.15, 0.2) is 36.4 Å². The van der Waals surface area contributed by atoms with Crippen LogP contribution in [0.4, 0.5) is 4.79 Å². The number of aryl methyl sites for hydroxylation is 1. The highest BCUT2D eigenvalue weighted by molar-refractivity contribution is 5.74. The molecular weight excluding hydrogens is 300 g/mol. The molecule has 0 saturated carbocycles. The first-order chi connectivity index (χ1) is 11.4. The van der Waals surface area contributed by atoms with Gasteiger partial charge in [0.05, 0.1) is 0 Å². The van der Waals surface area contributed by atoms with E-state index in [2.05, 4.69) is 26.0 Å². The van der Waals surface area contributed by atoms with Gasteiger partial charge in [-0.25, -0.2) is 4.79 Å². The first-order valence-corrected chi connectivity index (χ1v) is 8.22. The van der Waals surface area contributed by atoms with E-state index in [9.17, 15) is 9.90 Å². The van der Waals surface area contributed by atoms with Crippen molar-refractivity contribution in [2.45, 2.75) is 26.3 Å². The van der Waals surface area contributed by atoms with Crippen molar-refractivity contribution in [2.24, 2.45) is 0 Å². The molecule has 2 aromatic rings. The van der Waals surface area contributed by atoms with E-state index < -0.39 is 0 Å². The lowest BCUT2D eigenvalue weighted by atomic mass is 9.82. The van der Waals surface area contributed by atoms with Crippen molar-refractivity contribution in [3.05, 3.63) is 64.2 Å². The molecule has 4 heteroatoms. The van der Waals surface area contributed by atoms with E-state index in [0.717, 1.165) is 5.56 Å². The molecule has 1 heterocycles. The van der Waals surface area contributed by atoms with Crippen molar-refractivity contribution < 1.29 is 9.90 Å². The summed E-state index contributed by atoms with van der Waals surface area (Å²) in [4.78, 5) is 16.1. The summed E-state index contributed by atoms with van der Waals surface area (Å²) in [6, 6.07) is 11.7. The normalized spacial score (nSPS) is 16.7. The first kappa shape index (κ1) is 16.4. The SMILES string of the molecule is Cc1ccc2c(c1C)CN(C(=O)N(C)C)C[C@@H]2c1cccc(O)c1. The highest BCUT2D eigenvalue weighted by atomic mass is 16.3. The lowest BCUT2D eigenvalue weighted by Crippen LogP contribution is -2.44. The summed E-state index contributed by atoms with van der Waals surface area (Å²) in [5.74, 6) is 0.331. The van der Waals surface area contributed by atoms with E-state index in [1.807, 2.05) is 17.0 Å². The minimum absolute atomic E-state index is 0.0201. The number of fused-ring (bicyclic) bond motifs is 1. The van der Waals surface area contributed by atoms with Gasteiger partial charge in [0.15, 0.2) is 0 Å². The molecule has 1 N–H and O–H groups in total. The standard InChI is InChI=1S/C20H24N2O2/c1-13-8-9-17-18(14(13)2)11-22(20(24)21(3)4)12-19(17)15-6-5-7-16(23)10-15/h5-10,19,23H,11-12H2,1-4H3/t19-/m1/s1. The molecule has 0 aromatic heterocycles. The Hall–Kier alpha value is -2.49. The van der Waals surface area contributed by atoms with Gasteiger partial charge in [0, 0.05) is 33.1 Å². The lowest BCUT2D eigenvalue weighted by Gasteiger charge is -2.37. The van der Waals surface area contributed by atoms with Gasteiger partial charge < -0.3 is 14.9 Å². The Morgan fingerprint density at radius 2 is 1.96 bits per heavy atom. The summed E-state index contributed by atoms with van der Waals surface area (Å²) in [5.41, 5.74) is 6.00. The van der Waals surface area contributed by atoms with E-state index in [4.69, 9.17) is 0 Å². The second-order valence-electron chi connectivity index (χ2n) is 6.78. The van der Waals surface area contributed by atoms with Gasteiger partial charge >= 0.3 is 6.03 Å². The molecule has 0 aliphatic carbocycles. The second kappa shape index (κ2) is 6.19. The van der Waals surface area contributed by atoms with E-state index in [0.29, 0.717) is 13.1 Å². The predicted molar refractivity (Wildman–Crippen MR) is 95.4 cm³/mol. The molecule has 3 rings (SSSR count). The van der Waals surface area contributed by atoms with Crippen molar-refractivity contribution >= 4 is 6.03 Å². The van der Waals surface area contributed by atoms with Gasteiger partial charge in [-0.1, -0.05) is 24.3 Å². The number of carbonyl (C=O) groups excluding carboxylic acids is 1. The summed E-state index contributed by atoms with van der Waals surface area (Å²) >= 11 is 0. The molecule has 0 saturated heterocycles. The van der Waals surface area contributed by atoms with Crippen molar-refractivity contribution in [3.8, 4) is 5.75 Å². The van der Waals surface area contributed by atoms with Gasteiger partial charge in [-0.15, -0.1) is 0 Å². The summed E-state index contributed by atoms with van der Waals surface area (Å²) in [6.07, 6.45) is 0. The summed E-state index contributed by atoms with van der Waals surface area (Å²) < 4.78 is 0. The van der Waals surface area contributed by atoms with Crippen molar-refractivity contribution in [2.75, 3.05) is 20.6 Å². The van der Waals surface area contributed by atoms with Crippen LogP contribution in [0.25, 0.3) is 0 Å². The Balaban J connectivity index is 2.11. The Morgan fingerprint density at radius 3 is 2.62 bits per heavy atom. The number of hydrogen-bond donors (Lipinski definition) is 1. The second-order valence-corrected chi connectivity index (χ2v) is 6.78. The summed E-state index contributed by atoms with van der Waals surface area (Å²) in [6.45, 7) is 5.48. The van der Waals surface area contributed by atoms with Crippen molar-refractivity contribution in [1.29, 1.82) is 0 Å². The molecule has 2 amide bonds. The van der Waals surface area contributed by atoms with Crippen LogP contribution in [-0.2, 0) is 6.54 Å². The van der Waals surface area contributed by atoms with E-state index >= 15 is 0 Å². The molecule has 0 radical (unpaired) electrons. The van der Waals surface area contributed by atoms with Gasteiger partial charge in [0.1, 0.15) is 5.75 Å². The summed E-state index contributed by atoms with van der Waals surface area (Å²) in [5, 5.41) is 9.86. The van der Waals surface area contributed by atoms with Gasteiger partial charge in [0.2, 0.25) is 0 Å². The summed E-state index contributed by atoms with van der Waals surface area (Å²) in [7, 11) is 3.56. The average molecular weight is 324 g/mol. The number of urea groups is 1. The van der Waals surface area contributed by atoms with Gasteiger partial charge in [0.25, 0.3) is 0 Å². The molecule has 0 bridgehead atoms. The number of carbonyl (C=O) groups is 1. The highest BCUT2D eigenvalue weighted by Gasteiger charge is 2.31. The van der Waals surface area contributed by atoms with Crippen LogP contribution in [-0.4, -0.2) is 41.6 Å². The molecule has 2 aromatic carbocycles. The van der Waals surface area contributed by atoms with Crippen LogP contribution < -0.4 is 0 Å². The number of aromatic hydroxyl groups is 1. The molecule has 0 spiro atoms. The van der Waals surface area contributed by atoms with Crippen LogP contribution in [0.1, 0.15) is 33.7 Å². The molecule has 1 atom stereocenters. The highest BCUT2D eigenvalue weighted by Crippen LogP contribution is 2.37. The van der Waals surface area contributed by atoms with E-state index in [1.54, 1.807) is 31.1 Å². The third kappa shape index (κ3) is 2.84. The van der Waals surface area contributed by atoms with Crippen molar-refractivity contribution in [1.82, 2.24) is 9.80 Å². The number of hydrogen-bond acceptors (Lipinski definition) is 2. The Morgan fingerprint density at radius 1 is 1.21 bits per heavy atom. The average Bonchev–Trinajstić information content (AvgIpc) is 2.56. The number of rotatable bonds is 1. The smallest absolute Gasteiger partial charge is 0.319 e. The molecule has 4 nitrogen and oxygen atoms in total. The minimum Gasteiger partial charge on any atom is -0.508 e. The zero-order valence-electron chi connectivity index (χ0n) is 14.7. The molecule has 24 heavy (non-hydrogen) atoms. The van der Waals surface area contributed by atoms with E-state index in [1.165, 1.54) is 22.3 Å². The lowest BCUT2D eigenvalue weighted by molar-refractivity contribution is 0.162. The molecular formula is C20H24N2O2. The number of phenols is 1. The molecule has 1 aliphatic heterocycles. The first-order valence-electron chi connectivity index (χ1n) is 8.22. The van der Waals surface area contributed by atoms with Crippen LogP contribution in [0.5, 0.6) is 5.75 Å². The van der Waals surface area contributed by atoms with Crippen molar-refractivity contribution in [3.63, 3.8) is 0 Å². The third-order valence-corrected chi connectivity index (χ3v) is 4.96. The number of amides is 2. The van der Waals surface area contributed by atoms with Gasteiger partial charge in [-0.05, 0) is 53.8 Å². The molecule has 0 unspecified atom stereocenters. The fourth-order valence-corrected chi connectivity index (χ4v) is 3.46. The Kier molecular flexibility index (Phi) is 4.22. The number of nitrogens with zero attached hydrogens (tertiary/aromatic N) is 2. The maximum Gasteiger partial charge on any atom is 0.319 e. The largest absolute Gasteiger partial charge is 0.508 e. The van der Waals surface area contributed by atoms with Gasteiger partial charge in [-0.3, -0.25) is 0 Å². The van der Waals surface area contributed by atoms with Crippen LogP contribution in [0.3, 0.4) is 0 Å². The minimum atomic E-state index is 0.0201. The van der Waals surface area contributed by atoms with E-state index in [-0.39, 0.29) is 17.7 Å². The Bertz CT molecular complexity index is 783. The fourth-order valence-electron chi connectivity index (χ4n) is 3.46. The quantitative estimate of drug-likeness (QED) is 0.870.